The van der Waals surface area contributed by atoms with Gasteiger partial charge in [-0.1, -0.05) is 48.0 Å². The second kappa shape index (κ2) is 6.00. The zero-order valence-electron chi connectivity index (χ0n) is 13.3. The van der Waals surface area contributed by atoms with Gasteiger partial charge in [0.2, 0.25) is 0 Å². The SMILES string of the molecule is Cc1cccc(C(=O)N2N=C(c3ccccc3)CC2(O)C(F)(F)F)c1. The lowest BCUT2D eigenvalue weighted by atomic mass is 10.0. The van der Waals surface area contributed by atoms with E-state index in [-0.39, 0.29) is 16.3 Å². The number of hydrogen-bond donors (Lipinski definition) is 1. The van der Waals surface area contributed by atoms with Gasteiger partial charge < -0.3 is 5.11 Å². The highest BCUT2D eigenvalue weighted by atomic mass is 19.4. The number of aryl methyl sites for hydroxylation is 1. The average molecular weight is 348 g/mol. The minimum Gasteiger partial charge on any atom is -0.362 e. The Hall–Kier alpha value is -2.67. The lowest BCUT2D eigenvalue weighted by molar-refractivity contribution is -0.297. The fourth-order valence-electron chi connectivity index (χ4n) is 2.67. The Labute approximate surface area is 142 Å². The monoisotopic (exact) mass is 348 g/mol. The van der Waals surface area contributed by atoms with E-state index in [0.717, 1.165) is 0 Å². The Bertz CT molecular complexity index is 834. The van der Waals surface area contributed by atoms with Gasteiger partial charge in [0.25, 0.3) is 11.6 Å². The third-order valence-corrected chi connectivity index (χ3v) is 4.00. The predicted octanol–water partition coefficient (Wildman–Crippen LogP) is 3.50. The number of alkyl halides is 3. The number of hydrazone groups is 1. The van der Waals surface area contributed by atoms with Gasteiger partial charge in [-0.05, 0) is 24.6 Å². The zero-order chi connectivity index (χ0) is 18.2. The summed E-state index contributed by atoms with van der Waals surface area (Å²) in [4.78, 5) is 12.6. The van der Waals surface area contributed by atoms with Gasteiger partial charge in [0.1, 0.15) is 0 Å². The molecule has 1 aliphatic heterocycles. The molecular weight excluding hydrogens is 333 g/mol. The Kier molecular flexibility index (Phi) is 4.12. The van der Waals surface area contributed by atoms with Crippen molar-refractivity contribution in [1.82, 2.24) is 5.01 Å². The maximum Gasteiger partial charge on any atom is 0.438 e. The molecule has 1 unspecified atom stereocenters. The quantitative estimate of drug-likeness (QED) is 0.903. The third kappa shape index (κ3) is 3.02. The van der Waals surface area contributed by atoms with Gasteiger partial charge in [-0.15, -0.1) is 0 Å². The standard InChI is InChI=1S/C18H15F3N2O2/c1-12-6-5-9-14(10-12)16(24)23-17(25,18(19,20)21)11-15(22-23)13-7-3-2-4-8-13/h2-10,25H,11H2,1H3. The molecule has 0 bridgehead atoms. The number of rotatable bonds is 2. The van der Waals surface area contributed by atoms with Crippen LogP contribution in [0.5, 0.6) is 0 Å². The van der Waals surface area contributed by atoms with Gasteiger partial charge in [0.05, 0.1) is 12.1 Å². The lowest BCUT2D eigenvalue weighted by Crippen LogP contribution is -2.56. The number of halogens is 3. The Morgan fingerprint density at radius 3 is 2.44 bits per heavy atom. The Morgan fingerprint density at radius 1 is 1.16 bits per heavy atom. The molecule has 0 aliphatic carbocycles. The maximum absolute atomic E-state index is 13.5. The van der Waals surface area contributed by atoms with Crippen molar-refractivity contribution in [3.05, 3.63) is 71.3 Å². The summed E-state index contributed by atoms with van der Waals surface area (Å²) < 4.78 is 40.6. The van der Waals surface area contributed by atoms with E-state index in [1.54, 1.807) is 49.4 Å². The van der Waals surface area contributed by atoms with E-state index in [4.69, 9.17) is 0 Å². The van der Waals surface area contributed by atoms with Crippen LogP contribution in [0.1, 0.15) is 27.9 Å². The second-order valence-electron chi connectivity index (χ2n) is 5.89. The van der Waals surface area contributed by atoms with E-state index in [2.05, 4.69) is 5.10 Å². The van der Waals surface area contributed by atoms with Crippen LogP contribution in [0.15, 0.2) is 59.7 Å². The van der Waals surface area contributed by atoms with Gasteiger partial charge in [-0.3, -0.25) is 4.79 Å². The average Bonchev–Trinajstić information content (AvgIpc) is 2.94. The van der Waals surface area contributed by atoms with Crippen LogP contribution in [0.25, 0.3) is 0 Å². The molecule has 0 fully saturated rings. The van der Waals surface area contributed by atoms with Crippen LogP contribution in [0.4, 0.5) is 13.2 Å². The van der Waals surface area contributed by atoms with Gasteiger partial charge in [-0.2, -0.15) is 23.3 Å². The van der Waals surface area contributed by atoms with E-state index < -0.39 is 24.2 Å². The van der Waals surface area contributed by atoms with E-state index >= 15 is 0 Å². The molecule has 0 saturated heterocycles. The van der Waals surface area contributed by atoms with Crippen molar-refractivity contribution in [3.63, 3.8) is 0 Å². The molecule has 1 amide bonds. The fraction of sp³-hybridized carbons (Fsp3) is 0.222. The number of carbonyl (C=O) groups excluding carboxylic acids is 1. The highest BCUT2D eigenvalue weighted by Crippen LogP contribution is 2.41. The first-order valence-corrected chi connectivity index (χ1v) is 7.55. The molecule has 0 saturated carbocycles. The molecule has 1 heterocycles. The van der Waals surface area contributed by atoms with Gasteiger partial charge in [-0.25, -0.2) is 0 Å². The molecule has 7 heteroatoms. The number of benzene rings is 2. The van der Waals surface area contributed by atoms with Crippen molar-refractivity contribution in [1.29, 1.82) is 0 Å². The first kappa shape index (κ1) is 17.2. The molecule has 0 aromatic heterocycles. The van der Waals surface area contributed by atoms with Crippen LogP contribution in [0.2, 0.25) is 0 Å². The largest absolute Gasteiger partial charge is 0.438 e. The molecule has 1 aliphatic rings. The van der Waals surface area contributed by atoms with Crippen LogP contribution in [-0.4, -0.2) is 33.6 Å². The van der Waals surface area contributed by atoms with E-state index in [0.29, 0.717) is 11.1 Å². The van der Waals surface area contributed by atoms with E-state index in [1.807, 2.05) is 0 Å². The molecule has 4 nitrogen and oxygen atoms in total. The van der Waals surface area contributed by atoms with Gasteiger partial charge in [0, 0.05) is 5.56 Å². The van der Waals surface area contributed by atoms with Crippen LogP contribution < -0.4 is 0 Å². The predicted molar refractivity (Wildman–Crippen MR) is 85.9 cm³/mol. The van der Waals surface area contributed by atoms with Crippen LogP contribution >= 0.6 is 0 Å². The molecular formula is C18H15F3N2O2. The normalized spacial score (nSPS) is 20.5. The molecule has 1 N–H and O–H groups in total. The Morgan fingerprint density at radius 2 is 1.84 bits per heavy atom. The highest BCUT2D eigenvalue weighted by Gasteiger charge is 2.63. The summed E-state index contributed by atoms with van der Waals surface area (Å²) in [7, 11) is 0. The smallest absolute Gasteiger partial charge is 0.362 e. The Balaban J connectivity index is 2.06. The number of amides is 1. The molecule has 2 aromatic rings. The summed E-state index contributed by atoms with van der Waals surface area (Å²) in [6, 6.07) is 14.3. The minimum absolute atomic E-state index is 0.00132. The molecule has 0 spiro atoms. The summed E-state index contributed by atoms with van der Waals surface area (Å²) in [5.74, 6) is -1.01. The number of aliphatic hydroxyl groups is 1. The molecule has 130 valence electrons. The minimum atomic E-state index is -5.05. The van der Waals surface area contributed by atoms with Crippen molar-refractivity contribution >= 4 is 11.6 Å². The number of nitrogens with zero attached hydrogens (tertiary/aromatic N) is 2. The summed E-state index contributed by atoms with van der Waals surface area (Å²) in [5, 5.41) is 14.2. The summed E-state index contributed by atoms with van der Waals surface area (Å²) >= 11 is 0. The fourth-order valence-corrected chi connectivity index (χ4v) is 2.67. The molecule has 25 heavy (non-hydrogen) atoms. The third-order valence-electron chi connectivity index (χ3n) is 4.00. The van der Waals surface area contributed by atoms with E-state index in [1.165, 1.54) is 12.1 Å². The summed E-state index contributed by atoms with van der Waals surface area (Å²) in [5.41, 5.74) is -2.21. The summed E-state index contributed by atoms with van der Waals surface area (Å²) in [6.45, 7) is 1.72. The number of hydrogen-bond acceptors (Lipinski definition) is 3. The topological polar surface area (TPSA) is 52.9 Å². The molecule has 2 aromatic carbocycles. The van der Waals surface area contributed by atoms with Gasteiger partial charge >= 0.3 is 6.18 Å². The van der Waals surface area contributed by atoms with E-state index in [9.17, 15) is 23.1 Å². The maximum atomic E-state index is 13.5. The van der Waals surface area contributed by atoms with Crippen molar-refractivity contribution in [3.8, 4) is 0 Å². The van der Waals surface area contributed by atoms with Crippen molar-refractivity contribution in [2.24, 2.45) is 5.10 Å². The number of carbonyl (C=O) groups is 1. The second-order valence-corrected chi connectivity index (χ2v) is 5.89. The van der Waals surface area contributed by atoms with Crippen molar-refractivity contribution < 1.29 is 23.1 Å². The molecule has 1 atom stereocenters. The van der Waals surface area contributed by atoms with Crippen LogP contribution in [-0.2, 0) is 0 Å². The van der Waals surface area contributed by atoms with Crippen molar-refractivity contribution in [2.75, 3.05) is 0 Å². The van der Waals surface area contributed by atoms with Crippen LogP contribution in [0, 0.1) is 6.92 Å². The molecule has 0 radical (unpaired) electrons. The first-order chi connectivity index (χ1) is 11.7. The summed E-state index contributed by atoms with van der Waals surface area (Å²) in [6.07, 6.45) is -5.87. The zero-order valence-corrected chi connectivity index (χ0v) is 13.3. The lowest BCUT2D eigenvalue weighted by Gasteiger charge is -2.32. The molecule has 3 rings (SSSR count). The van der Waals surface area contributed by atoms with Crippen molar-refractivity contribution in [2.45, 2.75) is 25.2 Å². The highest BCUT2D eigenvalue weighted by molar-refractivity contribution is 6.05. The first-order valence-electron chi connectivity index (χ1n) is 7.55. The van der Waals surface area contributed by atoms with Crippen LogP contribution in [0.3, 0.4) is 0 Å². The van der Waals surface area contributed by atoms with Gasteiger partial charge in [0.15, 0.2) is 0 Å².